The van der Waals surface area contributed by atoms with Gasteiger partial charge < -0.3 is 5.32 Å². The van der Waals surface area contributed by atoms with E-state index >= 15 is 0 Å². The maximum atomic E-state index is 3.70. The van der Waals surface area contributed by atoms with Crippen molar-refractivity contribution in [2.24, 2.45) is 0 Å². The molecule has 0 aromatic carbocycles. The first-order valence-corrected chi connectivity index (χ1v) is 8.31. The molecule has 0 saturated carbocycles. The second-order valence-corrected chi connectivity index (χ2v) is 7.24. The highest BCUT2D eigenvalue weighted by molar-refractivity contribution is 8.06. The summed E-state index contributed by atoms with van der Waals surface area (Å²) in [5, 5.41) is 4.58. The molecule has 0 radical (unpaired) electrons. The van der Waals surface area contributed by atoms with E-state index in [1.54, 1.807) is 0 Å². The zero-order valence-corrected chi connectivity index (χ0v) is 10.3. The number of hydrogen-bond donors (Lipinski definition) is 1. The van der Waals surface area contributed by atoms with Crippen LogP contribution in [0.3, 0.4) is 0 Å². The number of nitrogens with one attached hydrogen (secondary N) is 1. The molecule has 0 amide bonds. The van der Waals surface area contributed by atoms with Gasteiger partial charge in [0.1, 0.15) is 0 Å². The van der Waals surface area contributed by atoms with E-state index in [0.29, 0.717) is 0 Å². The molecule has 0 aromatic rings. The van der Waals surface area contributed by atoms with E-state index in [-0.39, 0.29) is 0 Å². The van der Waals surface area contributed by atoms with Crippen LogP contribution in [0.4, 0.5) is 0 Å². The second-order valence-electron chi connectivity index (χ2n) is 3.54. The predicted molar refractivity (Wildman–Crippen MR) is 67.3 cm³/mol. The quantitative estimate of drug-likeness (QED) is 0.802. The number of thioether (sulfide) groups is 3. The van der Waals surface area contributed by atoms with Gasteiger partial charge in [-0.25, -0.2) is 0 Å². The third-order valence-corrected chi connectivity index (χ3v) is 6.46. The van der Waals surface area contributed by atoms with E-state index in [0.717, 1.165) is 11.3 Å². The average Bonchev–Trinajstić information content (AvgIpc) is 2.69. The van der Waals surface area contributed by atoms with E-state index < -0.39 is 0 Å². The first-order chi connectivity index (χ1) is 6.45. The molecule has 2 aliphatic rings. The molecule has 2 saturated heterocycles. The molecule has 1 N–H and O–H groups in total. The fraction of sp³-hybridized carbons (Fsp3) is 1.00. The van der Waals surface area contributed by atoms with Crippen LogP contribution in [0.15, 0.2) is 0 Å². The maximum absolute atomic E-state index is 3.70. The summed E-state index contributed by atoms with van der Waals surface area (Å²) >= 11 is 6.37. The predicted octanol–water partition coefficient (Wildman–Crippen LogP) is 1.93. The van der Waals surface area contributed by atoms with Gasteiger partial charge in [-0.1, -0.05) is 0 Å². The Hall–Kier alpha value is 1.01. The molecule has 0 aliphatic carbocycles. The first-order valence-electron chi connectivity index (χ1n) is 4.95. The van der Waals surface area contributed by atoms with Crippen LogP contribution < -0.4 is 5.32 Å². The fourth-order valence-electron chi connectivity index (χ4n) is 1.65. The monoisotopic (exact) mass is 235 g/mol. The standard InChI is InChI=1S/C9H17NS3/c1-2-11-6-8(1)10-5-9-7-12-3-4-13-9/h8-10H,1-7H2. The van der Waals surface area contributed by atoms with E-state index in [1.807, 2.05) is 0 Å². The molecule has 2 atom stereocenters. The van der Waals surface area contributed by atoms with Crippen LogP contribution in [0.5, 0.6) is 0 Å². The molecule has 2 aliphatic heterocycles. The minimum absolute atomic E-state index is 0.817. The van der Waals surface area contributed by atoms with Gasteiger partial charge >= 0.3 is 0 Å². The molecule has 0 spiro atoms. The highest BCUT2D eigenvalue weighted by atomic mass is 32.2. The van der Waals surface area contributed by atoms with Crippen molar-refractivity contribution in [2.75, 3.05) is 35.3 Å². The lowest BCUT2D eigenvalue weighted by molar-refractivity contribution is 0.561. The molecular formula is C9H17NS3. The van der Waals surface area contributed by atoms with Crippen molar-refractivity contribution in [1.29, 1.82) is 0 Å². The third-order valence-electron chi connectivity index (χ3n) is 2.45. The highest BCUT2D eigenvalue weighted by Gasteiger charge is 2.18. The molecule has 2 rings (SSSR count). The Morgan fingerprint density at radius 3 is 2.69 bits per heavy atom. The van der Waals surface area contributed by atoms with Crippen LogP contribution >= 0.6 is 35.3 Å². The summed E-state index contributed by atoms with van der Waals surface area (Å²) in [5.74, 6) is 6.78. The van der Waals surface area contributed by atoms with Crippen LogP contribution in [-0.2, 0) is 0 Å². The molecule has 0 aromatic heterocycles. The zero-order chi connectivity index (χ0) is 8.93. The van der Waals surface area contributed by atoms with E-state index in [9.17, 15) is 0 Å². The largest absolute Gasteiger partial charge is 0.312 e. The molecule has 2 heterocycles. The van der Waals surface area contributed by atoms with Crippen LogP contribution in [0, 0.1) is 0 Å². The van der Waals surface area contributed by atoms with Crippen LogP contribution in [-0.4, -0.2) is 46.6 Å². The van der Waals surface area contributed by atoms with Gasteiger partial charge in [0, 0.05) is 40.8 Å². The van der Waals surface area contributed by atoms with Gasteiger partial charge in [0.05, 0.1) is 0 Å². The van der Waals surface area contributed by atoms with Gasteiger partial charge in [-0.3, -0.25) is 0 Å². The minimum atomic E-state index is 0.817. The molecule has 76 valence electrons. The van der Waals surface area contributed by atoms with Crippen molar-refractivity contribution in [2.45, 2.75) is 17.7 Å². The van der Waals surface area contributed by atoms with Gasteiger partial charge in [-0.05, 0) is 12.2 Å². The Labute approximate surface area is 93.6 Å². The van der Waals surface area contributed by atoms with E-state index in [1.165, 1.54) is 41.7 Å². The topological polar surface area (TPSA) is 12.0 Å². The lowest BCUT2D eigenvalue weighted by Gasteiger charge is -2.22. The second kappa shape index (κ2) is 5.79. The van der Waals surface area contributed by atoms with Crippen LogP contribution in [0.2, 0.25) is 0 Å². The lowest BCUT2D eigenvalue weighted by atomic mass is 10.2. The summed E-state index contributed by atoms with van der Waals surface area (Å²) in [6.45, 7) is 1.24. The van der Waals surface area contributed by atoms with E-state index in [2.05, 4.69) is 40.6 Å². The number of rotatable bonds is 3. The lowest BCUT2D eigenvalue weighted by Crippen LogP contribution is -2.36. The first kappa shape index (κ1) is 10.5. The fourth-order valence-corrected chi connectivity index (χ4v) is 5.46. The SMILES string of the molecule is C1CC(NCC2CSCCS2)CS1. The summed E-state index contributed by atoms with van der Waals surface area (Å²) in [6, 6.07) is 0.817. The maximum Gasteiger partial charge on any atom is 0.0263 e. The van der Waals surface area contributed by atoms with E-state index in [4.69, 9.17) is 0 Å². The molecular weight excluding hydrogens is 218 g/mol. The van der Waals surface area contributed by atoms with Gasteiger partial charge in [0.2, 0.25) is 0 Å². The summed E-state index contributed by atoms with van der Waals surface area (Å²) in [5.41, 5.74) is 0. The third kappa shape index (κ3) is 3.57. The Balaban J connectivity index is 1.60. The van der Waals surface area contributed by atoms with Gasteiger partial charge in [0.15, 0.2) is 0 Å². The Morgan fingerprint density at radius 2 is 2.00 bits per heavy atom. The van der Waals surface area contributed by atoms with Crippen molar-refractivity contribution in [3.8, 4) is 0 Å². The molecule has 1 nitrogen and oxygen atoms in total. The molecule has 2 fully saturated rings. The summed E-state index contributed by atoms with van der Waals surface area (Å²) in [4.78, 5) is 0. The highest BCUT2D eigenvalue weighted by Crippen LogP contribution is 2.24. The molecule has 4 heteroatoms. The normalized spacial score (nSPS) is 35.1. The van der Waals surface area contributed by atoms with Crippen LogP contribution in [0.25, 0.3) is 0 Å². The zero-order valence-electron chi connectivity index (χ0n) is 7.83. The van der Waals surface area contributed by atoms with Crippen molar-refractivity contribution in [1.82, 2.24) is 5.32 Å². The molecule has 13 heavy (non-hydrogen) atoms. The van der Waals surface area contributed by atoms with Gasteiger partial charge in [-0.15, -0.1) is 0 Å². The van der Waals surface area contributed by atoms with Gasteiger partial charge in [-0.2, -0.15) is 35.3 Å². The minimum Gasteiger partial charge on any atom is -0.312 e. The van der Waals surface area contributed by atoms with Crippen molar-refractivity contribution in [3.63, 3.8) is 0 Å². The average molecular weight is 235 g/mol. The van der Waals surface area contributed by atoms with Crippen LogP contribution in [0.1, 0.15) is 6.42 Å². The summed E-state index contributed by atoms with van der Waals surface area (Å²) < 4.78 is 0. The summed E-state index contributed by atoms with van der Waals surface area (Å²) in [6.07, 6.45) is 1.38. The van der Waals surface area contributed by atoms with Crippen molar-refractivity contribution in [3.05, 3.63) is 0 Å². The van der Waals surface area contributed by atoms with Crippen molar-refractivity contribution >= 4 is 35.3 Å². The smallest absolute Gasteiger partial charge is 0.0263 e. The number of hydrogen-bond acceptors (Lipinski definition) is 4. The summed E-state index contributed by atoms with van der Waals surface area (Å²) in [7, 11) is 0. The Morgan fingerprint density at radius 1 is 1.08 bits per heavy atom. The molecule has 2 unspecified atom stereocenters. The molecule has 0 bridgehead atoms. The van der Waals surface area contributed by atoms with Crippen molar-refractivity contribution < 1.29 is 0 Å². The Bertz CT molecular complexity index is 142. The Kier molecular flexibility index (Phi) is 4.68. The van der Waals surface area contributed by atoms with Gasteiger partial charge in [0.25, 0.3) is 0 Å².